The van der Waals surface area contributed by atoms with Crippen LogP contribution in [-0.4, -0.2) is 24.2 Å². The largest absolute Gasteiger partial charge is 0.478 e. The van der Waals surface area contributed by atoms with Crippen LogP contribution in [0, 0.1) is 0 Å². The maximum Gasteiger partial charge on any atom is 0.231 e. The third kappa shape index (κ3) is 3.70. The van der Waals surface area contributed by atoms with Crippen molar-refractivity contribution in [2.75, 3.05) is 13.5 Å². The van der Waals surface area contributed by atoms with E-state index in [1.165, 1.54) is 5.56 Å². The molecule has 6 nitrogen and oxygen atoms in total. The van der Waals surface area contributed by atoms with E-state index in [4.69, 9.17) is 18.9 Å². The molecular formula is C28H25NO5. The van der Waals surface area contributed by atoms with Crippen molar-refractivity contribution in [2.45, 2.75) is 32.9 Å². The zero-order valence-electron chi connectivity index (χ0n) is 19.2. The number of benzene rings is 3. The number of nitrogens with zero attached hydrogens (tertiary/aromatic N) is 1. The molecular weight excluding hydrogens is 430 g/mol. The summed E-state index contributed by atoms with van der Waals surface area (Å²) in [7, 11) is 0. The average Bonchev–Trinajstić information content (AvgIpc) is 3.44. The van der Waals surface area contributed by atoms with Gasteiger partial charge in [0.05, 0.1) is 11.1 Å². The summed E-state index contributed by atoms with van der Waals surface area (Å²) in [6.45, 7) is 6.34. The Kier molecular flexibility index (Phi) is 5.03. The highest BCUT2D eigenvalue weighted by Gasteiger charge is 2.33. The molecule has 6 rings (SSSR count). The van der Waals surface area contributed by atoms with Gasteiger partial charge in [0, 0.05) is 13.1 Å². The Balaban J connectivity index is 1.24. The van der Waals surface area contributed by atoms with Gasteiger partial charge in [0.1, 0.15) is 18.2 Å². The van der Waals surface area contributed by atoms with E-state index in [1.807, 2.05) is 42.5 Å². The fourth-order valence-corrected chi connectivity index (χ4v) is 4.53. The molecule has 0 N–H and O–H groups in total. The number of Topliss-reactive ketones (excluding diaryl/α,β-unsaturated/α-hetero) is 1. The molecule has 0 radical (unpaired) electrons. The van der Waals surface area contributed by atoms with E-state index in [0.717, 1.165) is 33.9 Å². The fraction of sp³-hybridized carbons (Fsp3) is 0.250. The second kappa shape index (κ2) is 8.22. The van der Waals surface area contributed by atoms with Crippen LogP contribution >= 0.6 is 0 Å². The number of carbonyl (C=O) groups is 1. The maximum absolute atomic E-state index is 13.1. The first-order chi connectivity index (χ1) is 16.5. The highest BCUT2D eigenvalue weighted by atomic mass is 16.7. The number of allylic oxidation sites excluding steroid dienone is 1. The normalized spacial score (nSPS) is 17.5. The van der Waals surface area contributed by atoms with E-state index in [9.17, 15) is 4.79 Å². The Morgan fingerprint density at radius 3 is 2.56 bits per heavy atom. The van der Waals surface area contributed by atoms with E-state index in [1.54, 1.807) is 6.07 Å². The molecule has 3 heterocycles. The topological polar surface area (TPSA) is 57.2 Å². The van der Waals surface area contributed by atoms with Gasteiger partial charge in [0.25, 0.3) is 0 Å². The average molecular weight is 456 g/mol. The van der Waals surface area contributed by atoms with E-state index >= 15 is 0 Å². The number of fused-ring (bicyclic) bond motifs is 4. The van der Waals surface area contributed by atoms with Crippen molar-refractivity contribution >= 4 is 11.9 Å². The number of hydrogen-bond donors (Lipinski definition) is 0. The van der Waals surface area contributed by atoms with Crippen LogP contribution in [-0.2, 0) is 13.1 Å². The second-order valence-electron chi connectivity index (χ2n) is 9.13. The van der Waals surface area contributed by atoms with Crippen molar-refractivity contribution in [3.05, 3.63) is 88.2 Å². The van der Waals surface area contributed by atoms with Gasteiger partial charge in [-0.05, 0) is 52.9 Å². The number of hydrogen-bond acceptors (Lipinski definition) is 6. The van der Waals surface area contributed by atoms with Crippen LogP contribution in [0.3, 0.4) is 0 Å². The van der Waals surface area contributed by atoms with Gasteiger partial charge < -0.3 is 18.9 Å². The lowest BCUT2D eigenvalue weighted by Crippen LogP contribution is -2.31. The van der Waals surface area contributed by atoms with Gasteiger partial charge in [-0.1, -0.05) is 44.2 Å². The highest BCUT2D eigenvalue weighted by Crippen LogP contribution is 2.42. The van der Waals surface area contributed by atoms with Crippen molar-refractivity contribution in [3.8, 4) is 23.0 Å². The van der Waals surface area contributed by atoms with Crippen LogP contribution in [0.5, 0.6) is 23.0 Å². The van der Waals surface area contributed by atoms with Gasteiger partial charge in [-0.2, -0.15) is 0 Å². The van der Waals surface area contributed by atoms with Gasteiger partial charge >= 0.3 is 0 Å². The number of carbonyl (C=O) groups excluding carboxylic acids is 1. The van der Waals surface area contributed by atoms with Crippen molar-refractivity contribution in [2.24, 2.45) is 0 Å². The van der Waals surface area contributed by atoms with E-state index in [0.29, 0.717) is 42.8 Å². The van der Waals surface area contributed by atoms with Crippen molar-refractivity contribution in [1.82, 2.24) is 4.90 Å². The molecule has 0 aromatic heterocycles. The first-order valence-electron chi connectivity index (χ1n) is 11.5. The summed E-state index contributed by atoms with van der Waals surface area (Å²) < 4.78 is 23.0. The third-order valence-electron chi connectivity index (χ3n) is 6.43. The SMILES string of the molecule is CC(C)c1ccc(/C=C2\Oc3c(ccc4c3CN(Cc3ccc5c(c3)OCO5)CO4)C2=O)cc1. The van der Waals surface area contributed by atoms with Gasteiger partial charge in [-0.15, -0.1) is 0 Å². The standard InChI is InChI=1S/C28H25NO5/c1-17(2)20-6-3-18(4-7-20)11-26-27(30)21-8-10-23-22(28(21)34-26)14-29(15-31-23)13-19-5-9-24-25(12-19)33-16-32-24/h3-12,17H,13-16H2,1-2H3/b26-11-. The number of ether oxygens (including phenoxy) is 4. The Hall–Kier alpha value is -3.77. The Labute approximate surface area is 198 Å². The molecule has 0 bridgehead atoms. The van der Waals surface area contributed by atoms with Crippen LogP contribution in [0.25, 0.3) is 6.08 Å². The molecule has 0 amide bonds. The fourth-order valence-electron chi connectivity index (χ4n) is 4.53. The predicted octanol–water partition coefficient (Wildman–Crippen LogP) is 5.51. The summed E-state index contributed by atoms with van der Waals surface area (Å²) in [4.78, 5) is 15.2. The second-order valence-corrected chi connectivity index (χ2v) is 9.13. The number of rotatable bonds is 4. The molecule has 0 spiro atoms. The molecule has 3 aromatic rings. The molecule has 0 saturated carbocycles. The maximum atomic E-state index is 13.1. The van der Waals surface area contributed by atoms with E-state index in [-0.39, 0.29) is 12.6 Å². The zero-order valence-corrected chi connectivity index (χ0v) is 19.2. The van der Waals surface area contributed by atoms with E-state index < -0.39 is 0 Å². The summed E-state index contributed by atoms with van der Waals surface area (Å²) >= 11 is 0. The van der Waals surface area contributed by atoms with Crippen LogP contribution in [0.15, 0.2) is 60.4 Å². The summed E-state index contributed by atoms with van der Waals surface area (Å²) in [5.41, 5.74) is 4.79. The van der Waals surface area contributed by atoms with Crippen LogP contribution in [0.4, 0.5) is 0 Å². The summed E-state index contributed by atoms with van der Waals surface area (Å²) in [5, 5.41) is 0. The Morgan fingerprint density at radius 1 is 0.941 bits per heavy atom. The minimum Gasteiger partial charge on any atom is -0.478 e. The van der Waals surface area contributed by atoms with Crippen molar-refractivity contribution in [1.29, 1.82) is 0 Å². The molecule has 0 saturated heterocycles. The van der Waals surface area contributed by atoms with Crippen LogP contribution in [0.1, 0.15) is 52.4 Å². The van der Waals surface area contributed by atoms with Crippen LogP contribution < -0.4 is 18.9 Å². The minimum atomic E-state index is -0.0985. The van der Waals surface area contributed by atoms with Gasteiger partial charge in [0.15, 0.2) is 17.3 Å². The molecule has 34 heavy (non-hydrogen) atoms. The minimum absolute atomic E-state index is 0.0985. The lowest BCUT2D eigenvalue weighted by Gasteiger charge is -2.29. The smallest absolute Gasteiger partial charge is 0.231 e. The summed E-state index contributed by atoms with van der Waals surface area (Å²) in [6.07, 6.45) is 1.81. The molecule has 6 heteroatoms. The molecule has 3 aliphatic heterocycles. The monoisotopic (exact) mass is 455 g/mol. The van der Waals surface area contributed by atoms with E-state index in [2.05, 4.69) is 30.9 Å². The molecule has 3 aliphatic rings. The molecule has 0 atom stereocenters. The first kappa shape index (κ1) is 20.8. The highest BCUT2D eigenvalue weighted by molar-refractivity contribution is 6.15. The molecule has 0 unspecified atom stereocenters. The first-order valence-corrected chi connectivity index (χ1v) is 11.5. The summed E-state index contributed by atoms with van der Waals surface area (Å²) in [5.74, 6) is 3.60. The van der Waals surface area contributed by atoms with Crippen molar-refractivity contribution in [3.63, 3.8) is 0 Å². The zero-order chi connectivity index (χ0) is 23.2. The Morgan fingerprint density at radius 2 is 1.74 bits per heavy atom. The molecule has 0 aliphatic carbocycles. The lowest BCUT2D eigenvalue weighted by molar-refractivity contribution is 0.0872. The van der Waals surface area contributed by atoms with Gasteiger partial charge in [0.2, 0.25) is 12.6 Å². The molecule has 0 fully saturated rings. The van der Waals surface area contributed by atoms with Crippen molar-refractivity contribution < 1.29 is 23.7 Å². The quantitative estimate of drug-likeness (QED) is 0.484. The Bertz CT molecular complexity index is 1310. The summed E-state index contributed by atoms with van der Waals surface area (Å²) in [6, 6.07) is 17.9. The molecule has 172 valence electrons. The van der Waals surface area contributed by atoms with Crippen LogP contribution in [0.2, 0.25) is 0 Å². The molecule has 3 aromatic carbocycles. The number of ketones is 1. The van der Waals surface area contributed by atoms with Gasteiger partial charge in [-0.25, -0.2) is 0 Å². The lowest BCUT2D eigenvalue weighted by atomic mass is 10.0. The van der Waals surface area contributed by atoms with Gasteiger partial charge in [-0.3, -0.25) is 9.69 Å². The third-order valence-corrected chi connectivity index (χ3v) is 6.43. The predicted molar refractivity (Wildman–Crippen MR) is 127 cm³/mol.